The predicted octanol–water partition coefficient (Wildman–Crippen LogP) is 3.45. The topological polar surface area (TPSA) is 73.6 Å². The van der Waals surface area contributed by atoms with Gasteiger partial charge in [-0.2, -0.15) is 5.26 Å². The van der Waals surface area contributed by atoms with Crippen LogP contribution in [0.1, 0.15) is 24.5 Å². The Morgan fingerprint density at radius 3 is 3.00 bits per heavy atom. The second-order valence-electron chi connectivity index (χ2n) is 5.22. The molecule has 1 saturated heterocycles. The summed E-state index contributed by atoms with van der Waals surface area (Å²) in [6.45, 7) is 0.614. The molecule has 0 radical (unpaired) electrons. The van der Waals surface area contributed by atoms with Gasteiger partial charge in [-0.15, -0.1) is 0 Å². The normalized spacial score (nSPS) is 19.5. The maximum absolute atomic E-state index is 13.6. The first-order valence-electron chi connectivity index (χ1n) is 6.93. The Morgan fingerprint density at radius 1 is 1.59 bits per heavy atom. The summed E-state index contributed by atoms with van der Waals surface area (Å²) in [5.41, 5.74) is 0.525. The Bertz CT molecular complexity index is 570. The van der Waals surface area contributed by atoms with Crippen LogP contribution in [0.2, 0.25) is 5.02 Å². The van der Waals surface area contributed by atoms with Gasteiger partial charge in [-0.05, 0) is 36.6 Å². The maximum atomic E-state index is 13.6. The number of ether oxygens (including phenoxy) is 1. The zero-order valence-corrected chi connectivity index (χ0v) is 12.6. The Labute approximate surface area is 132 Å². The molecule has 22 heavy (non-hydrogen) atoms. The Morgan fingerprint density at radius 2 is 2.36 bits per heavy atom. The number of hydrogen-bond donors (Lipinski definition) is 1. The second kappa shape index (κ2) is 7.43. The standard InChI is InChI=1S/C15H16ClFN2O3/c16-12-6-11(7-13(17)8-12)14(22-5-3-18)10-2-1-4-19(9-10)15(20)21/h6-8,10,14H,1-2,4-5,9H2,(H,20,21)/t10?,14-/m1/s1. The minimum absolute atomic E-state index is 0.143. The third-order valence-electron chi connectivity index (χ3n) is 3.70. The fourth-order valence-electron chi connectivity index (χ4n) is 2.80. The average Bonchev–Trinajstić information content (AvgIpc) is 2.47. The van der Waals surface area contributed by atoms with Crippen LogP contribution in [0, 0.1) is 23.1 Å². The van der Waals surface area contributed by atoms with Crippen LogP contribution < -0.4 is 0 Å². The lowest BCUT2D eigenvalue weighted by atomic mass is 9.88. The molecule has 1 aromatic carbocycles. The molecule has 2 rings (SSSR count). The lowest BCUT2D eigenvalue weighted by Gasteiger charge is -2.35. The first-order chi connectivity index (χ1) is 10.5. The molecule has 7 heteroatoms. The molecule has 1 fully saturated rings. The van der Waals surface area contributed by atoms with Crippen molar-refractivity contribution in [2.45, 2.75) is 18.9 Å². The Kier molecular flexibility index (Phi) is 5.58. The molecule has 1 aromatic rings. The fraction of sp³-hybridized carbons (Fsp3) is 0.467. The number of nitriles is 1. The third-order valence-corrected chi connectivity index (χ3v) is 3.92. The van der Waals surface area contributed by atoms with Gasteiger partial charge in [-0.1, -0.05) is 11.6 Å². The van der Waals surface area contributed by atoms with Crippen molar-refractivity contribution in [1.82, 2.24) is 4.90 Å². The highest BCUT2D eigenvalue weighted by atomic mass is 35.5. The molecule has 1 aliphatic heterocycles. The quantitative estimate of drug-likeness (QED) is 0.919. The van der Waals surface area contributed by atoms with Crippen molar-refractivity contribution < 1.29 is 19.0 Å². The van der Waals surface area contributed by atoms with Gasteiger partial charge in [0.15, 0.2) is 0 Å². The van der Waals surface area contributed by atoms with Gasteiger partial charge < -0.3 is 14.7 Å². The van der Waals surface area contributed by atoms with Crippen molar-refractivity contribution in [3.63, 3.8) is 0 Å². The molecule has 1 aliphatic rings. The summed E-state index contributed by atoms with van der Waals surface area (Å²) >= 11 is 5.88. The number of carbonyl (C=O) groups is 1. The van der Waals surface area contributed by atoms with E-state index in [1.165, 1.54) is 17.0 Å². The van der Waals surface area contributed by atoms with Gasteiger partial charge in [0.1, 0.15) is 12.4 Å². The van der Waals surface area contributed by atoms with Gasteiger partial charge in [0, 0.05) is 24.0 Å². The number of rotatable bonds is 4. The molecule has 1 unspecified atom stereocenters. The maximum Gasteiger partial charge on any atom is 0.407 e. The van der Waals surface area contributed by atoms with E-state index in [1.807, 2.05) is 6.07 Å². The summed E-state index contributed by atoms with van der Waals surface area (Å²) in [5.74, 6) is -0.630. The molecule has 0 aromatic heterocycles. The first kappa shape index (κ1) is 16.5. The number of halogens is 2. The van der Waals surface area contributed by atoms with Gasteiger partial charge in [0.2, 0.25) is 0 Å². The number of piperidine rings is 1. The lowest BCUT2D eigenvalue weighted by molar-refractivity contribution is 0.00126. The van der Waals surface area contributed by atoms with Crippen LogP contribution in [0.25, 0.3) is 0 Å². The molecular formula is C15H16ClFN2O3. The molecule has 2 atom stereocenters. The number of carboxylic acid groups (broad SMARTS) is 1. The minimum atomic E-state index is -0.985. The van der Waals surface area contributed by atoms with Crippen molar-refractivity contribution in [2.75, 3.05) is 19.7 Å². The van der Waals surface area contributed by atoms with Crippen molar-refractivity contribution >= 4 is 17.7 Å². The summed E-state index contributed by atoms with van der Waals surface area (Å²) in [4.78, 5) is 12.5. The lowest BCUT2D eigenvalue weighted by Crippen LogP contribution is -2.41. The summed E-state index contributed by atoms with van der Waals surface area (Å²) in [5, 5.41) is 18.1. The van der Waals surface area contributed by atoms with Crippen LogP contribution in [0.5, 0.6) is 0 Å². The third kappa shape index (κ3) is 4.09. The van der Waals surface area contributed by atoms with Gasteiger partial charge >= 0.3 is 6.09 Å². The summed E-state index contributed by atoms with van der Waals surface area (Å²) in [6, 6.07) is 5.99. The average molecular weight is 327 g/mol. The minimum Gasteiger partial charge on any atom is -0.465 e. The van der Waals surface area contributed by atoms with E-state index in [9.17, 15) is 9.18 Å². The van der Waals surface area contributed by atoms with Gasteiger partial charge in [-0.3, -0.25) is 0 Å². The first-order valence-corrected chi connectivity index (χ1v) is 7.31. The van der Waals surface area contributed by atoms with E-state index in [2.05, 4.69) is 0 Å². The highest BCUT2D eigenvalue weighted by Crippen LogP contribution is 2.34. The number of amides is 1. The number of likely N-dealkylation sites (tertiary alicyclic amines) is 1. The Hall–Kier alpha value is -1.84. The summed E-state index contributed by atoms with van der Waals surface area (Å²) < 4.78 is 19.1. The molecular weight excluding hydrogens is 311 g/mol. The molecule has 0 saturated carbocycles. The van der Waals surface area contributed by atoms with E-state index in [0.29, 0.717) is 25.1 Å². The highest BCUT2D eigenvalue weighted by molar-refractivity contribution is 6.30. The molecule has 5 nitrogen and oxygen atoms in total. The molecule has 0 spiro atoms. The van der Waals surface area contributed by atoms with E-state index < -0.39 is 18.0 Å². The van der Waals surface area contributed by atoms with Crippen molar-refractivity contribution in [1.29, 1.82) is 5.26 Å². The van der Waals surface area contributed by atoms with Crippen LogP contribution in [-0.2, 0) is 4.74 Å². The van der Waals surface area contributed by atoms with Crippen molar-refractivity contribution in [2.24, 2.45) is 5.92 Å². The van der Waals surface area contributed by atoms with Crippen molar-refractivity contribution in [3.05, 3.63) is 34.6 Å². The van der Waals surface area contributed by atoms with Crippen LogP contribution in [0.4, 0.5) is 9.18 Å². The highest BCUT2D eigenvalue weighted by Gasteiger charge is 2.31. The van der Waals surface area contributed by atoms with Crippen LogP contribution in [-0.4, -0.2) is 35.8 Å². The van der Waals surface area contributed by atoms with Crippen LogP contribution >= 0.6 is 11.6 Å². The monoisotopic (exact) mass is 326 g/mol. The van der Waals surface area contributed by atoms with E-state index in [-0.39, 0.29) is 17.5 Å². The molecule has 118 valence electrons. The second-order valence-corrected chi connectivity index (χ2v) is 5.66. The SMILES string of the molecule is N#CCO[C@@H](c1cc(F)cc(Cl)c1)C1CCCN(C(=O)O)C1. The van der Waals surface area contributed by atoms with Gasteiger partial charge in [0.05, 0.1) is 12.2 Å². The zero-order valence-electron chi connectivity index (χ0n) is 11.8. The molecule has 1 N–H and O–H groups in total. The van der Waals surface area contributed by atoms with E-state index in [0.717, 1.165) is 6.42 Å². The molecule has 1 heterocycles. The number of hydrogen-bond acceptors (Lipinski definition) is 3. The van der Waals surface area contributed by atoms with Gasteiger partial charge in [0.25, 0.3) is 0 Å². The molecule has 0 aliphatic carbocycles. The predicted molar refractivity (Wildman–Crippen MR) is 78.0 cm³/mol. The van der Waals surface area contributed by atoms with Crippen molar-refractivity contribution in [3.8, 4) is 6.07 Å². The Balaban J connectivity index is 2.25. The smallest absolute Gasteiger partial charge is 0.407 e. The number of benzene rings is 1. The molecule has 1 amide bonds. The van der Waals surface area contributed by atoms with E-state index in [1.54, 1.807) is 6.07 Å². The molecule has 0 bridgehead atoms. The van der Waals surface area contributed by atoms with Crippen LogP contribution in [0.15, 0.2) is 18.2 Å². The van der Waals surface area contributed by atoms with E-state index in [4.69, 9.17) is 26.7 Å². The largest absolute Gasteiger partial charge is 0.465 e. The number of nitrogens with zero attached hydrogens (tertiary/aromatic N) is 2. The fourth-order valence-corrected chi connectivity index (χ4v) is 3.03. The summed E-state index contributed by atoms with van der Waals surface area (Å²) in [6.07, 6.45) is -0.100. The van der Waals surface area contributed by atoms with Gasteiger partial charge in [-0.25, -0.2) is 9.18 Å². The van der Waals surface area contributed by atoms with E-state index >= 15 is 0 Å². The summed E-state index contributed by atoms with van der Waals surface area (Å²) in [7, 11) is 0. The zero-order chi connectivity index (χ0) is 16.1. The van der Waals surface area contributed by atoms with Crippen LogP contribution in [0.3, 0.4) is 0 Å².